The molecular formula is C15H22N2O3S. The molecule has 0 aromatic carbocycles. The molecule has 2 heterocycles. The van der Waals surface area contributed by atoms with Gasteiger partial charge in [-0.15, -0.1) is 11.3 Å². The van der Waals surface area contributed by atoms with Gasteiger partial charge in [0.15, 0.2) is 0 Å². The highest BCUT2D eigenvalue weighted by Gasteiger charge is 2.30. The number of methoxy groups -OCH3 is 1. The van der Waals surface area contributed by atoms with Crippen molar-refractivity contribution < 1.29 is 14.3 Å². The molecule has 21 heavy (non-hydrogen) atoms. The predicted molar refractivity (Wildman–Crippen MR) is 83.9 cm³/mol. The number of nitrogens with zero attached hydrogens (tertiary/aromatic N) is 1. The number of carbonyl (C=O) groups is 2. The number of piperidine rings is 1. The molecule has 1 saturated heterocycles. The summed E-state index contributed by atoms with van der Waals surface area (Å²) in [5.74, 6) is -0.438. The molecule has 0 atom stereocenters. The highest BCUT2D eigenvalue weighted by Crippen LogP contribution is 2.37. The number of thiophene rings is 1. The van der Waals surface area contributed by atoms with E-state index in [1.54, 1.807) is 0 Å². The largest absolute Gasteiger partial charge is 0.465 e. The van der Waals surface area contributed by atoms with Crippen molar-refractivity contribution in [2.45, 2.75) is 39.0 Å². The van der Waals surface area contributed by atoms with Crippen molar-refractivity contribution in [1.82, 2.24) is 4.90 Å². The van der Waals surface area contributed by atoms with Crippen LogP contribution in [0.25, 0.3) is 0 Å². The van der Waals surface area contributed by atoms with Crippen molar-refractivity contribution in [3.63, 3.8) is 0 Å². The second-order valence-corrected chi connectivity index (χ2v) is 6.64. The maximum absolute atomic E-state index is 12.8. The number of likely N-dealkylation sites (tertiary alicyclic amines) is 1. The number of rotatable bonds is 3. The molecule has 0 bridgehead atoms. The number of hydrogen-bond donors (Lipinski definition) is 1. The summed E-state index contributed by atoms with van der Waals surface area (Å²) in [6, 6.07) is 0. The Labute approximate surface area is 129 Å². The third-order valence-corrected chi connectivity index (χ3v) is 4.79. The van der Waals surface area contributed by atoms with E-state index in [-0.39, 0.29) is 11.8 Å². The molecule has 1 aliphatic rings. The number of anilines is 1. The third kappa shape index (κ3) is 3.05. The van der Waals surface area contributed by atoms with Gasteiger partial charge >= 0.3 is 5.97 Å². The van der Waals surface area contributed by atoms with E-state index in [1.165, 1.54) is 7.11 Å². The van der Waals surface area contributed by atoms with E-state index in [1.807, 2.05) is 18.7 Å². The molecule has 1 fully saturated rings. The van der Waals surface area contributed by atoms with Crippen LogP contribution >= 0.6 is 11.3 Å². The lowest BCUT2D eigenvalue weighted by molar-refractivity contribution is 0.0604. The molecule has 1 aromatic rings. The first-order valence-corrected chi connectivity index (χ1v) is 8.08. The van der Waals surface area contributed by atoms with Crippen LogP contribution in [0.3, 0.4) is 0 Å². The SMILES string of the molecule is COC(=O)c1sc(N)c(C(=O)N2CCCCC2)c1C(C)C. The zero-order valence-electron chi connectivity index (χ0n) is 12.8. The Balaban J connectivity index is 2.44. The average molecular weight is 310 g/mol. The van der Waals surface area contributed by atoms with Gasteiger partial charge < -0.3 is 15.4 Å². The summed E-state index contributed by atoms with van der Waals surface area (Å²) in [7, 11) is 1.34. The van der Waals surface area contributed by atoms with Crippen LogP contribution in [0.15, 0.2) is 0 Å². The van der Waals surface area contributed by atoms with Gasteiger partial charge in [0.25, 0.3) is 5.91 Å². The van der Waals surface area contributed by atoms with Gasteiger partial charge in [0.1, 0.15) is 4.88 Å². The fraction of sp³-hybridized carbons (Fsp3) is 0.600. The maximum atomic E-state index is 12.8. The van der Waals surface area contributed by atoms with Gasteiger partial charge in [-0.3, -0.25) is 4.79 Å². The lowest BCUT2D eigenvalue weighted by Crippen LogP contribution is -2.36. The van der Waals surface area contributed by atoms with Crippen LogP contribution in [0.2, 0.25) is 0 Å². The normalized spacial score (nSPS) is 15.3. The van der Waals surface area contributed by atoms with Crippen LogP contribution in [0, 0.1) is 0 Å². The predicted octanol–water partition coefficient (Wildman–Crippen LogP) is 2.87. The van der Waals surface area contributed by atoms with Crippen molar-refractivity contribution in [3.05, 3.63) is 16.0 Å². The van der Waals surface area contributed by atoms with Gasteiger partial charge in [-0.05, 0) is 30.7 Å². The molecule has 0 unspecified atom stereocenters. The molecule has 0 saturated carbocycles. The maximum Gasteiger partial charge on any atom is 0.348 e. The number of ether oxygens (including phenoxy) is 1. The second-order valence-electron chi connectivity index (χ2n) is 5.58. The molecule has 116 valence electrons. The zero-order chi connectivity index (χ0) is 15.6. The molecule has 0 spiro atoms. The number of esters is 1. The minimum Gasteiger partial charge on any atom is -0.465 e. The Kier molecular flexibility index (Phi) is 4.88. The Morgan fingerprint density at radius 2 is 1.86 bits per heavy atom. The topological polar surface area (TPSA) is 72.6 Å². The van der Waals surface area contributed by atoms with Crippen LogP contribution in [0.1, 0.15) is 64.6 Å². The van der Waals surface area contributed by atoms with Gasteiger partial charge in [0.2, 0.25) is 0 Å². The first-order chi connectivity index (χ1) is 9.97. The lowest BCUT2D eigenvalue weighted by atomic mass is 9.97. The molecule has 6 heteroatoms. The summed E-state index contributed by atoms with van der Waals surface area (Å²) >= 11 is 1.15. The molecule has 0 aliphatic carbocycles. The number of nitrogens with two attached hydrogens (primary N) is 1. The Hall–Kier alpha value is -1.56. The van der Waals surface area contributed by atoms with Crippen molar-refractivity contribution in [2.75, 3.05) is 25.9 Å². The summed E-state index contributed by atoms with van der Waals surface area (Å²) in [5, 5.41) is 0.412. The van der Waals surface area contributed by atoms with E-state index in [2.05, 4.69) is 0 Å². The minimum absolute atomic E-state index is 0.0383. The zero-order valence-corrected chi connectivity index (χ0v) is 13.6. The Bertz CT molecular complexity index is 545. The third-order valence-electron chi connectivity index (χ3n) is 3.78. The first kappa shape index (κ1) is 15.8. The van der Waals surface area contributed by atoms with Gasteiger partial charge in [0, 0.05) is 13.1 Å². The van der Waals surface area contributed by atoms with Crippen molar-refractivity contribution in [3.8, 4) is 0 Å². The number of amides is 1. The van der Waals surface area contributed by atoms with Crippen LogP contribution < -0.4 is 5.73 Å². The van der Waals surface area contributed by atoms with Crippen LogP contribution in [0.5, 0.6) is 0 Å². The number of hydrogen-bond acceptors (Lipinski definition) is 5. The van der Waals surface area contributed by atoms with E-state index in [0.29, 0.717) is 15.4 Å². The average Bonchev–Trinajstić information content (AvgIpc) is 2.84. The second kappa shape index (κ2) is 6.47. The van der Waals surface area contributed by atoms with E-state index >= 15 is 0 Å². The molecule has 2 N–H and O–H groups in total. The van der Waals surface area contributed by atoms with Crippen LogP contribution in [0.4, 0.5) is 5.00 Å². The summed E-state index contributed by atoms with van der Waals surface area (Å²) < 4.78 is 4.81. The molecule has 5 nitrogen and oxygen atoms in total. The standard InChI is InChI=1S/C15H22N2O3S/c1-9(2)10-11(13(16)21-12(10)15(19)20-3)14(18)17-7-5-4-6-8-17/h9H,4-8,16H2,1-3H3. The van der Waals surface area contributed by atoms with E-state index in [9.17, 15) is 9.59 Å². The van der Waals surface area contributed by atoms with E-state index in [0.717, 1.165) is 49.3 Å². The van der Waals surface area contributed by atoms with Gasteiger partial charge in [-0.2, -0.15) is 0 Å². The molecule has 1 aliphatic heterocycles. The van der Waals surface area contributed by atoms with Crippen molar-refractivity contribution in [2.24, 2.45) is 0 Å². The Morgan fingerprint density at radius 3 is 2.38 bits per heavy atom. The summed E-state index contributed by atoms with van der Waals surface area (Å²) in [5.41, 5.74) is 7.26. The quantitative estimate of drug-likeness (QED) is 0.871. The molecule has 1 amide bonds. The number of nitrogen functional groups attached to an aromatic ring is 1. The fourth-order valence-electron chi connectivity index (χ4n) is 2.73. The van der Waals surface area contributed by atoms with E-state index < -0.39 is 5.97 Å². The molecule has 1 aromatic heterocycles. The molecule has 2 rings (SSSR count). The Morgan fingerprint density at radius 1 is 1.24 bits per heavy atom. The fourth-order valence-corrected chi connectivity index (χ4v) is 3.87. The van der Waals surface area contributed by atoms with Crippen molar-refractivity contribution >= 4 is 28.2 Å². The smallest absolute Gasteiger partial charge is 0.348 e. The van der Waals surface area contributed by atoms with Crippen molar-refractivity contribution in [1.29, 1.82) is 0 Å². The van der Waals surface area contributed by atoms with Gasteiger partial charge in [-0.1, -0.05) is 13.8 Å². The van der Waals surface area contributed by atoms with E-state index in [4.69, 9.17) is 10.5 Å². The lowest BCUT2D eigenvalue weighted by Gasteiger charge is -2.27. The van der Waals surface area contributed by atoms with Gasteiger partial charge in [-0.25, -0.2) is 4.79 Å². The van der Waals surface area contributed by atoms with Gasteiger partial charge in [0.05, 0.1) is 17.7 Å². The van der Waals surface area contributed by atoms with Crippen LogP contribution in [-0.2, 0) is 4.74 Å². The summed E-state index contributed by atoms with van der Waals surface area (Å²) in [6.07, 6.45) is 3.21. The first-order valence-electron chi connectivity index (χ1n) is 7.27. The summed E-state index contributed by atoms with van der Waals surface area (Å²) in [6.45, 7) is 5.44. The molecular weight excluding hydrogens is 288 g/mol. The highest BCUT2D eigenvalue weighted by molar-refractivity contribution is 7.18. The number of carbonyl (C=O) groups excluding carboxylic acids is 2. The minimum atomic E-state index is -0.423. The summed E-state index contributed by atoms with van der Waals surface area (Å²) in [4.78, 5) is 27.0. The highest BCUT2D eigenvalue weighted by atomic mass is 32.1. The molecule has 0 radical (unpaired) electrons. The van der Waals surface area contributed by atoms with Crippen LogP contribution in [-0.4, -0.2) is 37.0 Å². The monoisotopic (exact) mass is 310 g/mol.